The zero-order valence-corrected chi connectivity index (χ0v) is 20.6. The number of aryl methyl sites for hydroxylation is 1. The number of hydrogen-bond acceptors (Lipinski definition) is 10. The minimum atomic E-state index is 0.259. The zero-order valence-electron chi connectivity index (χ0n) is 19.0. The molecule has 4 aromatic heterocycles. The van der Waals surface area contributed by atoms with E-state index in [9.17, 15) is 5.26 Å². The summed E-state index contributed by atoms with van der Waals surface area (Å²) in [5.41, 5.74) is 8.19. The smallest absolute Gasteiger partial charge is 0.163 e. The SMILES string of the molecule is CN(CCCc1[nH]nc(N)c1C#N)c1nc(CN2CCOCC2)nc2scc(-c3cccs3)c12. The lowest BCUT2D eigenvalue weighted by Gasteiger charge is -2.26. The van der Waals surface area contributed by atoms with E-state index >= 15 is 0 Å². The number of nitrogens with one attached hydrogen (secondary N) is 1. The number of nitrogens with two attached hydrogens (primary N) is 1. The maximum Gasteiger partial charge on any atom is 0.163 e. The Balaban J connectivity index is 1.42. The van der Waals surface area contributed by atoms with Crippen molar-refractivity contribution < 1.29 is 4.74 Å². The molecular formula is C23H26N8OS2. The second kappa shape index (κ2) is 10.1. The maximum atomic E-state index is 9.33. The van der Waals surface area contributed by atoms with E-state index < -0.39 is 0 Å². The van der Waals surface area contributed by atoms with Crippen molar-refractivity contribution in [1.82, 2.24) is 25.1 Å². The van der Waals surface area contributed by atoms with E-state index in [1.807, 2.05) is 0 Å². The highest BCUT2D eigenvalue weighted by Gasteiger charge is 2.21. The fourth-order valence-electron chi connectivity index (χ4n) is 4.18. The van der Waals surface area contributed by atoms with Gasteiger partial charge in [0.05, 0.1) is 30.8 Å². The summed E-state index contributed by atoms with van der Waals surface area (Å²) in [6.45, 7) is 4.77. The molecule has 0 spiro atoms. The van der Waals surface area contributed by atoms with Crippen molar-refractivity contribution in [2.75, 3.05) is 50.5 Å². The zero-order chi connectivity index (χ0) is 23.5. The molecular weight excluding hydrogens is 468 g/mol. The summed E-state index contributed by atoms with van der Waals surface area (Å²) in [5.74, 6) is 2.04. The maximum absolute atomic E-state index is 9.33. The Morgan fingerprint density at radius 1 is 1.29 bits per heavy atom. The Labute approximate surface area is 205 Å². The summed E-state index contributed by atoms with van der Waals surface area (Å²) < 4.78 is 5.49. The fourth-order valence-corrected chi connectivity index (χ4v) is 5.96. The molecule has 5 heterocycles. The van der Waals surface area contributed by atoms with Crippen molar-refractivity contribution in [3.8, 4) is 16.5 Å². The van der Waals surface area contributed by atoms with Crippen LogP contribution in [0.1, 0.15) is 23.5 Å². The molecule has 0 aliphatic carbocycles. The number of H-pyrrole nitrogens is 1. The lowest BCUT2D eigenvalue weighted by atomic mass is 10.1. The van der Waals surface area contributed by atoms with E-state index in [2.05, 4.69) is 56.0 Å². The molecule has 11 heteroatoms. The van der Waals surface area contributed by atoms with Crippen LogP contribution in [0.4, 0.5) is 11.6 Å². The monoisotopic (exact) mass is 494 g/mol. The molecule has 34 heavy (non-hydrogen) atoms. The van der Waals surface area contributed by atoms with Gasteiger partial charge in [0.1, 0.15) is 28.1 Å². The van der Waals surface area contributed by atoms with E-state index in [1.165, 1.54) is 10.4 Å². The largest absolute Gasteiger partial charge is 0.381 e. The van der Waals surface area contributed by atoms with Crippen LogP contribution in [-0.4, -0.2) is 65.0 Å². The van der Waals surface area contributed by atoms with Crippen LogP contribution in [-0.2, 0) is 17.7 Å². The molecule has 9 nitrogen and oxygen atoms in total. The van der Waals surface area contributed by atoms with Crippen molar-refractivity contribution in [1.29, 1.82) is 5.26 Å². The summed E-state index contributed by atoms with van der Waals surface area (Å²) >= 11 is 3.40. The first kappa shape index (κ1) is 22.7. The van der Waals surface area contributed by atoms with E-state index in [1.54, 1.807) is 22.7 Å². The van der Waals surface area contributed by atoms with Gasteiger partial charge in [-0.2, -0.15) is 10.4 Å². The summed E-state index contributed by atoms with van der Waals surface area (Å²) in [6.07, 6.45) is 1.52. The molecule has 1 aliphatic heterocycles. The van der Waals surface area contributed by atoms with Gasteiger partial charge in [-0.25, -0.2) is 9.97 Å². The minimum Gasteiger partial charge on any atom is -0.381 e. The molecule has 0 unspecified atom stereocenters. The van der Waals surface area contributed by atoms with Gasteiger partial charge >= 0.3 is 0 Å². The number of nitrogens with zero attached hydrogens (tertiary/aromatic N) is 6. The van der Waals surface area contributed by atoms with Gasteiger partial charge in [-0.3, -0.25) is 10.00 Å². The number of hydrogen-bond donors (Lipinski definition) is 2. The van der Waals surface area contributed by atoms with E-state index in [0.29, 0.717) is 18.5 Å². The van der Waals surface area contributed by atoms with Crippen molar-refractivity contribution in [3.63, 3.8) is 0 Å². The molecule has 1 fully saturated rings. The van der Waals surface area contributed by atoms with Gasteiger partial charge in [0.25, 0.3) is 0 Å². The van der Waals surface area contributed by atoms with Crippen LogP contribution in [0.5, 0.6) is 0 Å². The standard InChI is InChI=1S/C23H26N8OS2/c1-30(6-2-4-17-15(12-24)21(25)29-28-17)22-20-16(18-5-3-11-33-18)14-34-23(20)27-19(26-22)13-31-7-9-32-10-8-31/h3,5,11,14H,2,4,6-10,13H2,1H3,(H3,25,28,29). The average molecular weight is 495 g/mol. The van der Waals surface area contributed by atoms with Crippen LogP contribution in [0.3, 0.4) is 0 Å². The Morgan fingerprint density at radius 2 is 2.15 bits per heavy atom. The normalized spacial score (nSPS) is 14.5. The van der Waals surface area contributed by atoms with E-state index in [4.69, 9.17) is 20.4 Å². The van der Waals surface area contributed by atoms with E-state index in [0.717, 1.165) is 66.8 Å². The van der Waals surface area contributed by atoms with Gasteiger partial charge in [-0.15, -0.1) is 22.7 Å². The summed E-state index contributed by atoms with van der Waals surface area (Å²) in [7, 11) is 2.07. The van der Waals surface area contributed by atoms with Gasteiger partial charge in [0.15, 0.2) is 5.82 Å². The first-order valence-electron chi connectivity index (χ1n) is 11.2. The summed E-state index contributed by atoms with van der Waals surface area (Å²) in [5, 5.41) is 21.6. The highest BCUT2D eigenvalue weighted by molar-refractivity contribution is 7.18. The van der Waals surface area contributed by atoms with Gasteiger partial charge < -0.3 is 15.4 Å². The van der Waals surface area contributed by atoms with Crippen molar-refractivity contribution in [2.24, 2.45) is 0 Å². The molecule has 0 amide bonds. The highest BCUT2D eigenvalue weighted by atomic mass is 32.1. The molecule has 0 atom stereocenters. The van der Waals surface area contributed by atoms with Crippen molar-refractivity contribution in [2.45, 2.75) is 19.4 Å². The number of nitriles is 1. The Morgan fingerprint density at radius 3 is 2.91 bits per heavy atom. The topological polar surface area (TPSA) is 120 Å². The second-order valence-corrected chi connectivity index (χ2v) is 10.1. The third-order valence-corrected chi connectivity index (χ3v) is 7.75. The Bertz CT molecular complexity index is 1300. The molecule has 176 valence electrons. The van der Waals surface area contributed by atoms with Crippen molar-refractivity contribution in [3.05, 3.63) is 40.0 Å². The summed E-state index contributed by atoms with van der Waals surface area (Å²) in [6, 6.07) is 6.36. The number of aromatic amines is 1. The molecule has 1 aliphatic rings. The predicted molar refractivity (Wildman–Crippen MR) is 136 cm³/mol. The van der Waals surface area contributed by atoms with Gasteiger partial charge in [0, 0.05) is 42.5 Å². The number of aromatic nitrogens is 4. The quantitative estimate of drug-likeness (QED) is 0.382. The van der Waals surface area contributed by atoms with Gasteiger partial charge in [-0.1, -0.05) is 6.07 Å². The highest BCUT2D eigenvalue weighted by Crippen LogP contribution is 2.40. The molecule has 0 aromatic carbocycles. The predicted octanol–water partition coefficient (Wildman–Crippen LogP) is 3.50. The minimum absolute atomic E-state index is 0.259. The number of fused-ring (bicyclic) bond motifs is 1. The van der Waals surface area contributed by atoms with Crippen molar-refractivity contribution >= 4 is 44.5 Å². The van der Waals surface area contributed by atoms with E-state index in [-0.39, 0.29) is 5.82 Å². The second-order valence-electron chi connectivity index (χ2n) is 8.26. The average Bonchev–Trinajstić information content (AvgIpc) is 3.59. The molecule has 0 saturated carbocycles. The van der Waals surface area contributed by atoms with Gasteiger partial charge in [-0.05, 0) is 24.3 Å². The number of thiophene rings is 2. The van der Waals surface area contributed by atoms with Crippen LogP contribution < -0.4 is 10.6 Å². The fraction of sp³-hybridized carbons (Fsp3) is 0.391. The number of anilines is 2. The van der Waals surface area contributed by atoms with Crippen LogP contribution in [0, 0.1) is 11.3 Å². The lowest BCUT2D eigenvalue weighted by molar-refractivity contribution is 0.0331. The number of rotatable bonds is 8. The van der Waals surface area contributed by atoms with Crippen LogP contribution in [0.15, 0.2) is 22.9 Å². The van der Waals surface area contributed by atoms with Gasteiger partial charge in [0.2, 0.25) is 0 Å². The Kier molecular flexibility index (Phi) is 6.73. The number of morpholine rings is 1. The lowest BCUT2D eigenvalue weighted by Crippen LogP contribution is -2.36. The number of nitrogen functional groups attached to an aromatic ring is 1. The molecule has 0 radical (unpaired) electrons. The Hall–Kier alpha value is -3.04. The molecule has 3 N–H and O–H groups in total. The molecule has 0 bridgehead atoms. The van der Waals surface area contributed by atoms with Crippen LogP contribution >= 0.6 is 22.7 Å². The first-order valence-corrected chi connectivity index (χ1v) is 13.0. The summed E-state index contributed by atoms with van der Waals surface area (Å²) in [4.78, 5) is 16.8. The molecule has 1 saturated heterocycles. The number of ether oxygens (including phenoxy) is 1. The first-order chi connectivity index (χ1) is 16.6. The van der Waals surface area contributed by atoms with Crippen LogP contribution in [0.2, 0.25) is 0 Å². The molecule has 4 aromatic rings. The van der Waals surface area contributed by atoms with Crippen LogP contribution in [0.25, 0.3) is 20.7 Å². The molecule has 5 rings (SSSR count). The third-order valence-electron chi connectivity index (χ3n) is 5.98. The third kappa shape index (κ3) is 4.63.